The van der Waals surface area contributed by atoms with Gasteiger partial charge in [-0.2, -0.15) is 0 Å². The zero-order chi connectivity index (χ0) is 18.5. The second-order valence-electron chi connectivity index (χ2n) is 6.25. The largest absolute Gasteiger partial charge is 0.493 e. The van der Waals surface area contributed by atoms with Crippen LogP contribution in [0, 0.1) is 0 Å². The number of amides is 2. The van der Waals surface area contributed by atoms with Crippen LogP contribution in [0.25, 0.3) is 0 Å². The van der Waals surface area contributed by atoms with Gasteiger partial charge in [0.25, 0.3) is 5.91 Å². The molecule has 3 N–H and O–H groups in total. The van der Waals surface area contributed by atoms with Crippen LogP contribution in [0.15, 0.2) is 42.5 Å². The van der Waals surface area contributed by atoms with Gasteiger partial charge in [0.15, 0.2) is 11.5 Å². The molecule has 0 spiro atoms. The van der Waals surface area contributed by atoms with Crippen LogP contribution < -0.4 is 20.5 Å². The molecule has 0 atom stereocenters. The Kier molecular flexibility index (Phi) is 5.41. The van der Waals surface area contributed by atoms with Gasteiger partial charge < -0.3 is 20.5 Å². The summed E-state index contributed by atoms with van der Waals surface area (Å²) in [6.45, 7) is 0. The molecule has 1 saturated carbocycles. The molecule has 3 rings (SSSR count). The van der Waals surface area contributed by atoms with Crippen LogP contribution in [0.3, 0.4) is 0 Å². The molecule has 2 aromatic rings. The number of nitrogens with one attached hydrogen (secondary N) is 1. The lowest BCUT2D eigenvalue weighted by Gasteiger charge is -2.17. The van der Waals surface area contributed by atoms with Crippen LogP contribution >= 0.6 is 0 Å². The Morgan fingerprint density at radius 1 is 1.04 bits per heavy atom. The molecule has 6 nitrogen and oxygen atoms in total. The molecule has 2 amide bonds. The van der Waals surface area contributed by atoms with Crippen molar-refractivity contribution in [3.05, 3.63) is 53.6 Å². The molecular weight excluding hydrogens is 332 g/mol. The molecule has 1 aliphatic rings. The number of primary amides is 1. The predicted octanol–water partition coefficient (Wildman–Crippen LogP) is 3.37. The molecule has 0 aromatic heterocycles. The first-order valence-corrected chi connectivity index (χ1v) is 8.63. The summed E-state index contributed by atoms with van der Waals surface area (Å²) in [6, 6.07) is 11.7. The van der Waals surface area contributed by atoms with Crippen LogP contribution in [0.1, 0.15) is 46.4 Å². The fourth-order valence-electron chi connectivity index (χ4n) is 3.13. The number of methoxy groups -OCH3 is 1. The summed E-state index contributed by atoms with van der Waals surface area (Å²) in [5.41, 5.74) is 6.31. The maximum atomic E-state index is 12.6. The predicted molar refractivity (Wildman–Crippen MR) is 98.8 cm³/mol. The summed E-state index contributed by atoms with van der Waals surface area (Å²) in [4.78, 5) is 24.1. The molecule has 0 unspecified atom stereocenters. The number of carbonyl (C=O) groups excluding carboxylic acids is 2. The van der Waals surface area contributed by atoms with E-state index in [4.69, 9.17) is 15.2 Å². The van der Waals surface area contributed by atoms with Crippen LogP contribution in [0.4, 0.5) is 5.69 Å². The smallest absolute Gasteiger partial charge is 0.256 e. The Bertz CT molecular complexity index is 813. The Balaban J connectivity index is 1.81. The van der Waals surface area contributed by atoms with Gasteiger partial charge in [-0.15, -0.1) is 0 Å². The molecule has 0 saturated heterocycles. The summed E-state index contributed by atoms with van der Waals surface area (Å²) < 4.78 is 11.4. The molecular formula is C20H22N2O4. The van der Waals surface area contributed by atoms with Crippen molar-refractivity contribution < 1.29 is 19.1 Å². The van der Waals surface area contributed by atoms with Gasteiger partial charge in [0.2, 0.25) is 5.91 Å². The van der Waals surface area contributed by atoms with Crippen molar-refractivity contribution in [1.29, 1.82) is 0 Å². The van der Waals surface area contributed by atoms with E-state index in [1.54, 1.807) is 43.5 Å². The zero-order valence-electron chi connectivity index (χ0n) is 14.7. The molecule has 6 heteroatoms. The summed E-state index contributed by atoms with van der Waals surface area (Å²) in [5, 5.41) is 2.79. The van der Waals surface area contributed by atoms with Crippen molar-refractivity contribution in [3.8, 4) is 11.5 Å². The third-order valence-corrected chi connectivity index (χ3v) is 4.45. The van der Waals surface area contributed by atoms with Crippen molar-refractivity contribution in [2.24, 2.45) is 5.73 Å². The molecule has 26 heavy (non-hydrogen) atoms. The number of hydrogen-bond donors (Lipinski definition) is 2. The van der Waals surface area contributed by atoms with E-state index in [0.29, 0.717) is 17.2 Å². The highest BCUT2D eigenvalue weighted by molar-refractivity contribution is 6.11. The van der Waals surface area contributed by atoms with Gasteiger partial charge in [-0.3, -0.25) is 9.59 Å². The van der Waals surface area contributed by atoms with E-state index in [-0.39, 0.29) is 17.2 Å². The molecule has 0 radical (unpaired) electrons. The van der Waals surface area contributed by atoms with Gasteiger partial charge in [0.1, 0.15) is 0 Å². The molecule has 0 bridgehead atoms. The number of ether oxygens (including phenoxy) is 2. The van der Waals surface area contributed by atoms with Gasteiger partial charge in [-0.1, -0.05) is 12.1 Å². The average Bonchev–Trinajstić information content (AvgIpc) is 3.15. The maximum Gasteiger partial charge on any atom is 0.256 e. The fraction of sp³-hybridized carbons (Fsp3) is 0.300. The second-order valence-corrected chi connectivity index (χ2v) is 6.25. The van der Waals surface area contributed by atoms with Crippen molar-refractivity contribution in [1.82, 2.24) is 0 Å². The third-order valence-electron chi connectivity index (χ3n) is 4.45. The van der Waals surface area contributed by atoms with Crippen molar-refractivity contribution in [2.75, 3.05) is 12.4 Å². The van der Waals surface area contributed by atoms with E-state index in [0.717, 1.165) is 25.7 Å². The standard InChI is InChI=1S/C20H22N2O4/c1-25-17-11-10-13(12-18(17)26-14-6-2-3-7-14)22-20(24)16-9-5-4-8-15(16)19(21)23/h4-5,8-12,14H,2-3,6-7H2,1H3,(H2,21,23)(H,22,24). The van der Waals surface area contributed by atoms with Gasteiger partial charge in [0.05, 0.1) is 24.3 Å². The van der Waals surface area contributed by atoms with Crippen molar-refractivity contribution >= 4 is 17.5 Å². The topological polar surface area (TPSA) is 90.6 Å². The summed E-state index contributed by atoms with van der Waals surface area (Å²) in [5.74, 6) is 0.167. The van der Waals surface area contributed by atoms with Gasteiger partial charge in [-0.05, 0) is 49.9 Å². The first-order chi connectivity index (χ1) is 12.6. The highest BCUT2D eigenvalue weighted by Crippen LogP contribution is 2.34. The highest BCUT2D eigenvalue weighted by Gasteiger charge is 2.19. The Morgan fingerprint density at radius 3 is 2.38 bits per heavy atom. The van der Waals surface area contributed by atoms with E-state index >= 15 is 0 Å². The van der Waals surface area contributed by atoms with E-state index in [1.165, 1.54) is 6.07 Å². The zero-order valence-corrected chi connectivity index (χ0v) is 14.7. The normalized spacial score (nSPS) is 14.0. The summed E-state index contributed by atoms with van der Waals surface area (Å²) >= 11 is 0. The Labute approximate surface area is 152 Å². The monoisotopic (exact) mass is 354 g/mol. The number of hydrogen-bond acceptors (Lipinski definition) is 4. The second kappa shape index (κ2) is 7.91. The van der Waals surface area contributed by atoms with Crippen LogP contribution in [0.5, 0.6) is 11.5 Å². The van der Waals surface area contributed by atoms with Gasteiger partial charge >= 0.3 is 0 Å². The van der Waals surface area contributed by atoms with Gasteiger partial charge in [-0.25, -0.2) is 0 Å². The van der Waals surface area contributed by atoms with Crippen molar-refractivity contribution in [2.45, 2.75) is 31.8 Å². The minimum atomic E-state index is -0.643. The van der Waals surface area contributed by atoms with E-state index in [1.807, 2.05) is 0 Å². The van der Waals surface area contributed by atoms with E-state index < -0.39 is 11.8 Å². The number of benzene rings is 2. The number of carbonyl (C=O) groups is 2. The van der Waals surface area contributed by atoms with Crippen molar-refractivity contribution in [3.63, 3.8) is 0 Å². The van der Waals surface area contributed by atoms with E-state index in [2.05, 4.69) is 5.32 Å². The lowest BCUT2D eigenvalue weighted by molar-refractivity contribution is 0.0977. The minimum absolute atomic E-state index is 0.172. The quantitative estimate of drug-likeness (QED) is 0.832. The number of nitrogens with two attached hydrogens (primary N) is 1. The van der Waals surface area contributed by atoms with Crippen LogP contribution in [-0.4, -0.2) is 25.0 Å². The first-order valence-electron chi connectivity index (χ1n) is 8.63. The summed E-state index contributed by atoms with van der Waals surface area (Å²) in [7, 11) is 1.58. The van der Waals surface area contributed by atoms with Gasteiger partial charge in [0, 0.05) is 11.8 Å². The minimum Gasteiger partial charge on any atom is -0.493 e. The lowest BCUT2D eigenvalue weighted by atomic mass is 10.1. The summed E-state index contributed by atoms with van der Waals surface area (Å²) in [6.07, 6.45) is 4.53. The molecule has 1 fully saturated rings. The molecule has 0 heterocycles. The molecule has 0 aliphatic heterocycles. The first kappa shape index (κ1) is 17.8. The maximum absolute atomic E-state index is 12.6. The molecule has 2 aromatic carbocycles. The molecule has 136 valence electrons. The Hall–Kier alpha value is -3.02. The lowest BCUT2D eigenvalue weighted by Crippen LogP contribution is -2.20. The molecule has 1 aliphatic carbocycles. The van der Waals surface area contributed by atoms with Crippen LogP contribution in [-0.2, 0) is 0 Å². The van der Waals surface area contributed by atoms with E-state index in [9.17, 15) is 9.59 Å². The number of anilines is 1. The fourth-order valence-corrected chi connectivity index (χ4v) is 3.13. The highest BCUT2D eigenvalue weighted by atomic mass is 16.5. The SMILES string of the molecule is COc1ccc(NC(=O)c2ccccc2C(N)=O)cc1OC1CCCC1. The average molecular weight is 354 g/mol. The van der Waals surface area contributed by atoms with Crippen LogP contribution in [0.2, 0.25) is 0 Å². The third kappa shape index (κ3) is 3.96. The Morgan fingerprint density at radius 2 is 1.73 bits per heavy atom. The number of rotatable bonds is 6.